The van der Waals surface area contributed by atoms with Crippen molar-refractivity contribution in [3.63, 3.8) is 0 Å². The van der Waals surface area contributed by atoms with E-state index >= 15 is 0 Å². The zero-order chi connectivity index (χ0) is 15.1. The number of carboxylic acids is 1. The average molecular weight is 277 g/mol. The van der Waals surface area contributed by atoms with E-state index in [-0.39, 0.29) is 11.8 Å². The van der Waals surface area contributed by atoms with E-state index in [2.05, 4.69) is 0 Å². The van der Waals surface area contributed by atoms with Crippen LogP contribution in [0.5, 0.6) is 0 Å². The molecule has 0 saturated heterocycles. The van der Waals surface area contributed by atoms with Gasteiger partial charge in [0.1, 0.15) is 6.04 Å². The van der Waals surface area contributed by atoms with Crippen molar-refractivity contribution in [1.82, 2.24) is 4.90 Å². The van der Waals surface area contributed by atoms with Gasteiger partial charge in [-0.05, 0) is 11.5 Å². The fourth-order valence-electron chi connectivity index (χ4n) is 2.23. The van der Waals surface area contributed by atoms with Gasteiger partial charge in [0.05, 0.1) is 0 Å². The molecule has 0 radical (unpaired) electrons. The van der Waals surface area contributed by atoms with Crippen molar-refractivity contribution in [2.45, 2.75) is 46.2 Å². The average Bonchev–Trinajstić information content (AvgIpc) is 2.46. The fourth-order valence-corrected chi connectivity index (χ4v) is 2.23. The number of benzene rings is 1. The maximum Gasteiger partial charge on any atom is 0.326 e. The predicted octanol–water partition coefficient (Wildman–Crippen LogP) is 2.92. The van der Waals surface area contributed by atoms with Crippen molar-refractivity contribution in [2.75, 3.05) is 0 Å². The number of aliphatic carboxylic acids is 1. The van der Waals surface area contributed by atoms with Crippen molar-refractivity contribution < 1.29 is 14.7 Å². The Morgan fingerprint density at radius 1 is 1.20 bits per heavy atom. The van der Waals surface area contributed by atoms with E-state index in [9.17, 15) is 14.7 Å². The highest BCUT2D eigenvalue weighted by molar-refractivity contribution is 5.83. The van der Waals surface area contributed by atoms with Crippen molar-refractivity contribution in [2.24, 2.45) is 5.92 Å². The molecule has 1 aromatic rings. The summed E-state index contributed by atoms with van der Waals surface area (Å²) in [6.45, 7) is 5.92. The van der Waals surface area contributed by atoms with Crippen LogP contribution in [-0.2, 0) is 16.1 Å². The number of carbonyl (C=O) groups is 2. The summed E-state index contributed by atoms with van der Waals surface area (Å²) < 4.78 is 0. The van der Waals surface area contributed by atoms with Gasteiger partial charge >= 0.3 is 5.97 Å². The smallest absolute Gasteiger partial charge is 0.326 e. The first-order valence-electron chi connectivity index (χ1n) is 7.07. The van der Waals surface area contributed by atoms with Crippen LogP contribution in [0.2, 0.25) is 0 Å². The number of rotatable bonds is 7. The summed E-state index contributed by atoms with van der Waals surface area (Å²) in [5.41, 5.74) is 0.948. The van der Waals surface area contributed by atoms with Gasteiger partial charge in [0.2, 0.25) is 5.91 Å². The first kappa shape index (κ1) is 16.2. The normalized spacial score (nSPS) is 13.6. The molecule has 0 aliphatic heterocycles. The lowest BCUT2D eigenvalue weighted by atomic mass is 9.96. The van der Waals surface area contributed by atoms with Crippen molar-refractivity contribution in [1.29, 1.82) is 0 Å². The molecule has 110 valence electrons. The second-order valence-corrected chi connectivity index (χ2v) is 5.03. The van der Waals surface area contributed by atoms with Gasteiger partial charge in [-0.2, -0.15) is 0 Å². The Hall–Kier alpha value is -1.84. The first-order chi connectivity index (χ1) is 9.51. The standard InChI is InChI=1S/C16H23NO3/c1-4-12(3)15(16(19)20)17(14(18)5-2)11-13-9-7-6-8-10-13/h6-10,12,15H,4-5,11H2,1-3H3,(H,19,20). The summed E-state index contributed by atoms with van der Waals surface area (Å²) >= 11 is 0. The van der Waals surface area contributed by atoms with E-state index in [0.717, 1.165) is 12.0 Å². The van der Waals surface area contributed by atoms with E-state index in [1.807, 2.05) is 44.2 Å². The summed E-state index contributed by atoms with van der Waals surface area (Å²) in [4.78, 5) is 25.2. The lowest BCUT2D eigenvalue weighted by Gasteiger charge is -2.32. The van der Waals surface area contributed by atoms with E-state index in [4.69, 9.17) is 0 Å². The maximum absolute atomic E-state index is 12.1. The third-order valence-corrected chi connectivity index (χ3v) is 3.59. The fraction of sp³-hybridized carbons (Fsp3) is 0.500. The molecule has 2 atom stereocenters. The molecule has 1 aromatic carbocycles. The molecule has 0 aliphatic rings. The summed E-state index contributed by atoms with van der Waals surface area (Å²) in [7, 11) is 0. The molecule has 0 aromatic heterocycles. The zero-order valence-corrected chi connectivity index (χ0v) is 12.4. The highest BCUT2D eigenvalue weighted by Crippen LogP contribution is 2.19. The van der Waals surface area contributed by atoms with E-state index in [1.165, 1.54) is 4.90 Å². The Balaban J connectivity index is 3.03. The Morgan fingerprint density at radius 2 is 1.80 bits per heavy atom. The van der Waals surface area contributed by atoms with Crippen LogP contribution in [0.25, 0.3) is 0 Å². The first-order valence-corrected chi connectivity index (χ1v) is 7.07. The Bertz CT molecular complexity index is 444. The molecule has 0 spiro atoms. The molecule has 1 amide bonds. The summed E-state index contributed by atoms with van der Waals surface area (Å²) in [5.74, 6) is -1.13. The minimum atomic E-state index is -0.933. The van der Waals surface area contributed by atoms with E-state index in [0.29, 0.717) is 13.0 Å². The third kappa shape index (κ3) is 4.08. The van der Waals surface area contributed by atoms with E-state index in [1.54, 1.807) is 6.92 Å². The molecule has 4 nitrogen and oxygen atoms in total. The van der Waals surface area contributed by atoms with Gasteiger partial charge in [-0.25, -0.2) is 4.79 Å². The molecule has 20 heavy (non-hydrogen) atoms. The molecular formula is C16H23NO3. The number of nitrogens with zero attached hydrogens (tertiary/aromatic N) is 1. The lowest BCUT2D eigenvalue weighted by Crippen LogP contribution is -2.48. The number of amides is 1. The number of carboxylic acid groups (broad SMARTS) is 1. The van der Waals surface area contributed by atoms with Gasteiger partial charge in [-0.3, -0.25) is 4.79 Å². The monoisotopic (exact) mass is 277 g/mol. The quantitative estimate of drug-likeness (QED) is 0.833. The lowest BCUT2D eigenvalue weighted by molar-refractivity contribution is -0.153. The van der Waals surface area contributed by atoms with Crippen molar-refractivity contribution in [3.05, 3.63) is 35.9 Å². The molecule has 0 fully saturated rings. The highest BCUT2D eigenvalue weighted by Gasteiger charge is 2.32. The molecule has 4 heteroatoms. The maximum atomic E-state index is 12.1. The summed E-state index contributed by atoms with van der Waals surface area (Å²) in [6, 6.07) is 8.73. The largest absolute Gasteiger partial charge is 0.480 e. The molecule has 0 aliphatic carbocycles. The van der Waals surface area contributed by atoms with Crippen molar-refractivity contribution >= 4 is 11.9 Å². The van der Waals surface area contributed by atoms with Crippen LogP contribution in [0.1, 0.15) is 39.2 Å². The van der Waals surface area contributed by atoms with Crippen LogP contribution in [0, 0.1) is 5.92 Å². The van der Waals surface area contributed by atoms with Crippen LogP contribution in [0.15, 0.2) is 30.3 Å². The van der Waals surface area contributed by atoms with Gasteiger partial charge in [0, 0.05) is 13.0 Å². The van der Waals surface area contributed by atoms with Crippen LogP contribution < -0.4 is 0 Å². The molecule has 1 rings (SSSR count). The Labute approximate surface area is 120 Å². The van der Waals surface area contributed by atoms with Gasteiger partial charge < -0.3 is 10.0 Å². The predicted molar refractivity (Wildman–Crippen MR) is 78.2 cm³/mol. The van der Waals surface area contributed by atoms with Crippen LogP contribution in [0.4, 0.5) is 0 Å². The van der Waals surface area contributed by atoms with Gasteiger partial charge in [-0.1, -0.05) is 57.5 Å². The molecular weight excluding hydrogens is 254 g/mol. The number of carbonyl (C=O) groups excluding carboxylic acids is 1. The highest BCUT2D eigenvalue weighted by atomic mass is 16.4. The van der Waals surface area contributed by atoms with Gasteiger partial charge in [0.25, 0.3) is 0 Å². The molecule has 0 saturated carbocycles. The second kappa shape index (κ2) is 7.68. The Kier molecular flexibility index (Phi) is 6.22. The number of hydrogen-bond acceptors (Lipinski definition) is 2. The van der Waals surface area contributed by atoms with Crippen LogP contribution >= 0.6 is 0 Å². The van der Waals surface area contributed by atoms with E-state index < -0.39 is 12.0 Å². The third-order valence-electron chi connectivity index (χ3n) is 3.59. The minimum Gasteiger partial charge on any atom is -0.480 e. The SMILES string of the molecule is CCC(=O)N(Cc1ccccc1)C(C(=O)O)C(C)CC. The van der Waals surface area contributed by atoms with Gasteiger partial charge in [0.15, 0.2) is 0 Å². The second-order valence-electron chi connectivity index (χ2n) is 5.03. The number of hydrogen-bond donors (Lipinski definition) is 1. The topological polar surface area (TPSA) is 57.6 Å². The summed E-state index contributed by atoms with van der Waals surface area (Å²) in [5, 5.41) is 9.47. The van der Waals surface area contributed by atoms with Crippen LogP contribution in [-0.4, -0.2) is 27.9 Å². The molecule has 1 N–H and O–H groups in total. The van der Waals surface area contributed by atoms with Crippen LogP contribution in [0.3, 0.4) is 0 Å². The molecule has 0 heterocycles. The summed E-state index contributed by atoms with van der Waals surface area (Å²) in [6.07, 6.45) is 1.03. The minimum absolute atomic E-state index is 0.0771. The Morgan fingerprint density at radius 3 is 2.25 bits per heavy atom. The molecule has 0 bridgehead atoms. The van der Waals surface area contributed by atoms with Crippen molar-refractivity contribution in [3.8, 4) is 0 Å². The zero-order valence-electron chi connectivity index (χ0n) is 12.4. The molecule has 2 unspecified atom stereocenters. The van der Waals surface area contributed by atoms with Gasteiger partial charge in [-0.15, -0.1) is 0 Å².